The summed E-state index contributed by atoms with van der Waals surface area (Å²) in [6.45, 7) is 6.80. The number of nitrogens with zero attached hydrogens (tertiary/aromatic N) is 3. The number of fused-ring (bicyclic) bond motifs is 1. The molecule has 0 unspecified atom stereocenters. The van der Waals surface area contributed by atoms with Gasteiger partial charge in [0.25, 0.3) is 11.1 Å². The van der Waals surface area contributed by atoms with E-state index in [0.717, 1.165) is 50.7 Å². The van der Waals surface area contributed by atoms with Gasteiger partial charge in [0.2, 0.25) is 0 Å². The Labute approximate surface area is 156 Å². The average molecular weight is 368 g/mol. The summed E-state index contributed by atoms with van der Waals surface area (Å²) >= 11 is 0. The highest BCUT2D eigenvalue weighted by atomic mass is 16.5. The summed E-state index contributed by atoms with van der Waals surface area (Å²) in [6, 6.07) is 10.9. The van der Waals surface area contributed by atoms with Crippen molar-refractivity contribution in [2.45, 2.75) is 19.9 Å². The first-order valence-corrected chi connectivity index (χ1v) is 9.36. The fourth-order valence-electron chi connectivity index (χ4n) is 3.72. The van der Waals surface area contributed by atoms with Crippen molar-refractivity contribution in [2.24, 2.45) is 0 Å². The predicted molar refractivity (Wildman–Crippen MR) is 105 cm³/mol. The Morgan fingerprint density at radius 3 is 2.56 bits per heavy atom. The van der Waals surface area contributed by atoms with E-state index in [1.165, 1.54) is 10.7 Å². The van der Waals surface area contributed by atoms with Gasteiger partial charge >= 0.3 is 0 Å². The van der Waals surface area contributed by atoms with E-state index in [2.05, 4.69) is 10.00 Å². The van der Waals surface area contributed by atoms with Crippen LogP contribution >= 0.6 is 0 Å². The molecule has 0 amide bonds. The van der Waals surface area contributed by atoms with E-state index < -0.39 is 0 Å². The zero-order chi connectivity index (χ0) is 18.8. The topological polar surface area (TPSA) is 72.3 Å². The van der Waals surface area contributed by atoms with E-state index in [0.29, 0.717) is 17.4 Å². The average Bonchev–Trinajstić information content (AvgIpc) is 3.02. The monoisotopic (exact) mass is 368 g/mol. The minimum absolute atomic E-state index is 0.0801. The molecular formula is C20H24N4O3. The molecule has 1 aromatic carbocycles. The summed E-state index contributed by atoms with van der Waals surface area (Å²) < 4.78 is 8.58. The van der Waals surface area contributed by atoms with E-state index in [4.69, 9.17) is 4.74 Å². The highest BCUT2D eigenvalue weighted by Crippen LogP contribution is 2.13. The van der Waals surface area contributed by atoms with Crippen molar-refractivity contribution in [1.29, 1.82) is 0 Å². The SMILES string of the molecule is Cc1c2c(=O)n(-c3ccccc3)[nH]c2cc(=O)n1CCCN1CCOCC1. The number of aryl methyl sites for hydroxylation is 1. The number of pyridine rings is 1. The Bertz CT molecular complexity index is 1040. The Balaban J connectivity index is 1.63. The third kappa shape index (κ3) is 3.48. The lowest BCUT2D eigenvalue weighted by Gasteiger charge is -2.26. The number of benzene rings is 1. The molecule has 0 spiro atoms. The fourth-order valence-corrected chi connectivity index (χ4v) is 3.72. The first kappa shape index (κ1) is 17.8. The van der Waals surface area contributed by atoms with Crippen molar-refractivity contribution in [3.05, 3.63) is 62.8 Å². The molecule has 1 aliphatic heterocycles. The van der Waals surface area contributed by atoms with Crippen molar-refractivity contribution in [2.75, 3.05) is 32.8 Å². The van der Waals surface area contributed by atoms with Gasteiger partial charge in [-0.05, 0) is 25.5 Å². The Morgan fingerprint density at radius 1 is 1.07 bits per heavy atom. The third-order valence-corrected chi connectivity index (χ3v) is 5.19. The predicted octanol–water partition coefficient (Wildman–Crippen LogP) is 1.51. The van der Waals surface area contributed by atoms with Gasteiger partial charge in [-0.15, -0.1) is 0 Å². The van der Waals surface area contributed by atoms with Gasteiger partial charge in [-0.2, -0.15) is 0 Å². The zero-order valence-corrected chi connectivity index (χ0v) is 15.5. The maximum Gasteiger partial charge on any atom is 0.280 e. The second kappa shape index (κ2) is 7.54. The van der Waals surface area contributed by atoms with Crippen LogP contribution in [0.3, 0.4) is 0 Å². The molecule has 0 aliphatic carbocycles. The molecule has 7 nitrogen and oxygen atoms in total. The second-order valence-corrected chi connectivity index (χ2v) is 6.90. The number of nitrogens with one attached hydrogen (secondary N) is 1. The largest absolute Gasteiger partial charge is 0.379 e. The van der Waals surface area contributed by atoms with Crippen LogP contribution < -0.4 is 11.1 Å². The molecule has 142 valence electrons. The molecule has 0 bridgehead atoms. The highest BCUT2D eigenvalue weighted by molar-refractivity contribution is 5.80. The quantitative estimate of drug-likeness (QED) is 0.741. The van der Waals surface area contributed by atoms with Crippen molar-refractivity contribution >= 4 is 10.9 Å². The number of ether oxygens (including phenoxy) is 1. The summed E-state index contributed by atoms with van der Waals surface area (Å²) in [7, 11) is 0. The van der Waals surface area contributed by atoms with Crippen LogP contribution in [0.1, 0.15) is 12.1 Å². The third-order valence-electron chi connectivity index (χ3n) is 5.19. The lowest BCUT2D eigenvalue weighted by Crippen LogP contribution is -2.37. The summed E-state index contributed by atoms with van der Waals surface area (Å²) in [4.78, 5) is 27.9. The molecule has 2 aromatic heterocycles. The van der Waals surface area contributed by atoms with Crippen molar-refractivity contribution in [3.63, 3.8) is 0 Å². The number of hydrogen-bond donors (Lipinski definition) is 1. The molecule has 4 rings (SSSR count). The van der Waals surface area contributed by atoms with Crippen LogP contribution in [0.5, 0.6) is 0 Å². The maximum atomic E-state index is 12.9. The maximum absolute atomic E-state index is 12.9. The van der Waals surface area contributed by atoms with Crippen LogP contribution in [-0.2, 0) is 11.3 Å². The summed E-state index contributed by atoms with van der Waals surface area (Å²) in [5.74, 6) is 0. The molecule has 1 saturated heterocycles. The van der Waals surface area contributed by atoms with Crippen molar-refractivity contribution < 1.29 is 4.74 Å². The molecule has 3 heterocycles. The molecule has 27 heavy (non-hydrogen) atoms. The number of para-hydroxylation sites is 1. The molecular weight excluding hydrogens is 344 g/mol. The van der Waals surface area contributed by atoms with Gasteiger partial charge in [0.05, 0.1) is 29.8 Å². The molecule has 0 atom stereocenters. The Hall–Kier alpha value is -2.64. The Kier molecular flexibility index (Phi) is 4.96. The number of aromatic nitrogens is 3. The number of morpholine rings is 1. The van der Waals surface area contributed by atoms with E-state index in [-0.39, 0.29) is 11.1 Å². The van der Waals surface area contributed by atoms with Crippen LogP contribution in [0.15, 0.2) is 46.0 Å². The van der Waals surface area contributed by atoms with Gasteiger partial charge in [0, 0.05) is 37.9 Å². The van der Waals surface area contributed by atoms with Crippen LogP contribution in [0.4, 0.5) is 0 Å². The van der Waals surface area contributed by atoms with Gasteiger partial charge in [-0.3, -0.25) is 19.6 Å². The standard InChI is InChI=1S/C20H24N4O3/c1-15-19-17(21-24(20(19)26)16-6-3-2-4-7-16)14-18(25)23(15)9-5-8-22-10-12-27-13-11-22/h2-4,6-7,14,21H,5,8-13H2,1H3. The number of H-pyrrole nitrogens is 1. The number of rotatable bonds is 5. The fraction of sp³-hybridized carbons (Fsp3) is 0.400. The molecule has 0 radical (unpaired) electrons. The molecule has 0 saturated carbocycles. The van der Waals surface area contributed by atoms with E-state index in [1.54, 1.807) is 4.57 Å². The summed E-state index contributed by atoms with van der Waals surface area (Å²) in [5.41, 5.74) is 1.84. The van der Waals surface area contributed by atoms with E-state index in [1.807, 2.05) is 37.3 Å². The molecule has 7 heteroatoms. The number of hydrogen-bond acceptors (Lipinski definition) is 4. The van der Waals surface area contributed by atoms with Gasteiger partial charge in [0.15, 0.2) is 0 Å². The summed E-state index contributed by atoms with van der Waals surface area (Å²) in [5, 5.41) is 3.64. The first-order valence-electron chi connectivity index (χ1n) is 9.36. The van der Waals surface area contributed by atoms with Crippen LogP contribution in [0.25, 0.3) is 16.6 Å². The smallest absolute Gasteiger partial charge is 0.280 e. The second-order valence-electron chi connectivity index (χ2n) is 6.90. The van der Waals surface area contributed by atoms with E-state index >= 15 is 0 Å². The lowest BCUT2D eigenvalue weighted by molar-refractivity contribution is 0.0369. The minimum Gasteiger partial charge on any atom is -0.379 e. The van der Waals surface area contributed by atoms with Gasteiger partial charge in [0.1, 0.15) is 0 Å². The zero-order valence-electron chi connectivity index (χ0n) is 15.5. The van der Waals surface area contributed by atoms with Crippen molar-refractivity contribution in [1.82, 2.24) is 19.2 Å². The Morgan fingerprint density at radius 2 is 1.81 bits per heavy atom. The van der Waals surface area contributed by atoms with E-state index in [9.17, 15) is 9.59 Å². The van der Waals surface area contributed by atoms with Gasteiger partial charge in [-0.25, -0.2) is 4.68 Å². The van der Waals surface area contributed by atoms with Gasteiger partial charge < -0.3 is 9.30 Å². The van der Waals surface area contributed by atoms with Crippen LogP contribution in [0.2, 0.25) is 0 Å². The normalized spacial score (nSPS) is 15.4. The van der Waals surface area contributed by atoms with Crippen LogP contribution in [-0.4, -0.2) is 52.1 Å². The molecule has 3 aromatic rings. The van der Waals surface area contributed by atoms with Crippen molar-refractivity contribution in [3.8, 4) is 5.69 Å². The van der Waals surface area contributed by atoms with Crippen LogP contribution in [0, 0.1) is 6.92 Å². The molecule has 1 aliphatic rings. The lowest BCUT2D eigenvalue weighted by atomic mass is 10.2. The molecule has 1 N–H and O–H groups in total. The minimum atomic E-state index is -0.129. The van der Waals surface area contributed by atoms with Gasteiger partial charge in [-0.1, -0.05) is 18.2 Å². The molecule has 1 fully saturated rings. The highest BCUT2D eigenvalue weighted by Gasteiger charge is 2.15. The first-order chi connectivity index (χ1) is 13.1. The summed E-state index contributed by atoms with van der Waals surface area (Å²) in [6.07, 6.45) is 0.865. The number of aromatic amines is 1.